The molecule has 1 aromatic heterocycles. The molecule has 3 aromatic rings. The monoisotopic (exact) mass is 486 g/mol. The van der Waals surface area contributed by atoms with Crippen LogP contribution in [0.1, 0.15) is 13.8 Å². The molecule has 0 bridgehead atoms. The molecule has 35 heavy (non-hydrogen) atoms. The Bertz CT molecular complexity index is 1270. The lowest BCUT2D eigenvalue weighted by Crippen LogP contribution is -2.25. The molecule has 0 radical (unpaired) electrons. The Morgan fingerprint density at radius 2 is 1.83 bits per heavy atom. The molecule has 182 valence electrons. The number of allylic oxidation sites excluding steroid dienone is 1. The highest BCUT2D eigenvalue weighted by atomic mass is 19.4. The van der Waals surface area contributed by atoms with Crippen LogP contribution in [0.5, 0.6) is 0 Å². The number of amides is 1. The van der Waals surface area contributed by atoms with Gasteiger partial charge in [0.05, 0.1) is 18.5 Å². The highest BCUT2D eigenvalue weighted by Gasteiger charge is 2.38. The Morgan fingerprint density at radius 3 is 2.43 bits per heavy atom. The fourth-order valence-corrected chi connectivity index (χ4v) is 3.05. The van der Waals surface area contributed by atoms with Gasteiger partial charge in [0.25, 0.3) is 0 Å². The molecule has 2 aromatic carbocycles. The number of hydrogen-bond acceptors (Lipinski definition) is 7. The van der Waals surface area contributed by atoms with Gasteiger partial charge < -0.3 is 20.8 Å². The zero-order chi connectivity index (χ0) is 25.6. The number of nitrogens with one attached hydrogen (secondary N) is 3. The van der Waals surface area contributed by atoms with Gasteiger partial charge in [-0.3, -0.25) is 4.79 Å². The first-order chi connectivity index (χ1) is 16.6. The smallest absolute Gasteiger partial charge is 0.432 e. The van der Waals surface area contributed by atoms with Crippen LogP contribution in [0.25, 0.3) is 16.9 Å². The third-order valence-corrected chi connectivity index (χ3v) is 4.57. The second-order valence-corrected chi connectivity index (χ2v) is 7.13. The first-order valence-electron chi connectivity index (χ1n) is 10.3. The van der Waals surface area contributed by atoms with E-state index in [1.165, 1.54) is 42.8 Å². The maximum atomic E-state index is 13.6. The highest BCUT2D eigenvalue weighted by molar-refractivity contribution is 6.10. The lowest BCUT2D eigenvalue weighted by molar-refractivity contribution is -0.139. The Morgan fingerprint density at radius 1 is 1.11 bits per heavy atom. The molecule has 0 saturated heterocycles. The van der Waals surface area contributed by atoms with Crippen LogP contribution in [0, 0.1) is 5.41 Å². The van der Waals surface area contributed by atoms with Gasteiger partial charge in [-0.05, 0) is 37.3 Å². The summed E-state index contributed by atoms with van der Waals surface area (Å²) in [5, 5.41) is 20.3. The van der Waals surface area contributed by atoms with Crippen LogP contribution in [-0.2, 0) is 14.3 Å². The second kappa shape index (κ2) is 10.6. The molecule has 9 nitrogen and oxygen atoms in total. The fraction of sp³-hybridized carbons (Fsp3) is 0.174. The Hall–Kier alpha value is -4.48. The van der Waals surface area contributed by atoms with Crippen LogP contribution >= 0.6 is 0 Å². The van der Waals surface area contributed by atoms with Crippen molar-refractivity contribution >= 4 is 29.5 Å². The number of aromatic nitrogens is 3. The molecule has 0 aliphatic carbocycles. The Kier molecular flexibility index (Phi) is 7.64. The third kappa shape index (κ3) is 6.31. The van der Waals surface area contributed by atoms with Crippen LogP contribution in [0.4, 0.5) is 24.5 Å². The van der Waals surface area contributed by atoms with Crippen LogP contribution in [0.15, 0.2) is 66.0 Å². The average Bonchev–Trinajstić information content (AvgIpc) is 3.29. The van der Waals surface area contributed by atoms with E-state index in [0.29, 0.717) is 28.8 Å². The quantitative estimate of drug-likeness (QED) is 0.248. The summed E-state index contributed by atoms with van der Waals surface area (Å²) in [7, 11) is 0. The van der Waals surface area contributed by atoms with E-state index in [4.69, 9.17) is 5.41 Å². The molecule has 0 aliphatic rings. The summed E-state index contributed by atoms with van der Waals surface area (Å²) in [4.78, 5) is 23.1. The zero-order valence-corrected chi connectivity index (χ0v) is 18.7. The van der Waals surface area contributed by atoms with Gasteiger partial charge in [0.1, 0.15) is 17.0 Å². The molecular formula is C23H21F3N6O3. The van der Waals surface area contributed by atoms with Crippen LogP contribution in [-0.4, -0.2) is 45.9 Å². The second-order valence-electron chi connectivity index (χ2n) is 7.13. The fourth-order valence-electron chi connectivity index (χ4n) is 3.05. The van der Waals surface area contributed by atoms with Gasteiger partial charge in [-0.15, -0.1) is 5.10 Å². The van der Waals surface area contributed by atoms with Crippen molar-refractivity contribution in [3.63, 3.8) is 0 Å². The molecule has 0 spiro atoms. The third-order valence-electron chi connectivity index (χ3n) is 4.57. The predicted molar refractivity (Wildman–Crippen MR) is 123 cm³/mol. The first kappa shape index (κ1) is 25.1. The SMILES string of the molecule is CCOC(=O)/C(C=N)=C(/Nc1ccc(-c2cn(-c3cccc(NC(C)=O)c3)nn2)cc1)C(F)(F)F. The number of hydrogen-bond donors (Lipinski definition) is 3. The van der Waals surface area contributed by atoms with Crippen molar-refractivity contribution in [3.8, 4) is 16.9 Å². The van der Waals surface area contributed by atoms with Crippen molar-refractivity contribution in [3.05, 3.63) is 66.0 Å². The zero-order valence-electron chi connectivity index (χ0n) is 18.7. The van der Waals surface area contributed by atoms with Crippen LogP contribution < -0.4 is 10.6 Å². The van der Waals surface area contributed by atoms with Crippen LogP contribution in [0.2, 0.25) is 0 Å². The number of carbonyl (C=O) groups is 2. The van der Waals surface area contributed by atoms with Gasteiger partial charge >= 0.3 is 12.1 Å². The molecule has 0 atom stereocenters. The number of nitrogens with zero attached hydrogens (tertiary/aromatic N) is 3. The van der Waals surface area contributed by atoms with Gasteiger partial charge in [0.2, 0.25) is 5.91 Å². The van der Waals surface area contributed by atoms with Crippen molar-refractivity contribution in [2.24, 2.45) is 0 Å². The summed E-state index contributed by atoms with van der Waals surface area (Å²) < 4.78 is 46.8. The minimum Gasteiger partial charge on any atom is -0.462 e. The summed E-state index contributed by atoms with van der Waals surface area (Å²) in [5.74, 6) is -1.47. The van der Waals surface area contributed by atoms with E-state index in [0.717, 1.165) is 0 Å². The maximum Gasteiger partial charge on any atom is 0.432 e. The number of alkyl halides is 3. The number of halogens is 3. The minimum absolute atomic E-state index is 0.0418. The molecule has 3 rings (SSSR count). The van der Waals surface area contributed by atoms with E-state index in [-0.39, 0.29) is 18.2 Å². The first-order valence-corrected chi connectivity index (χ1v) is 10.3. The lowest BCUT2D eigenvalue weighted by Gasteiger charge is -2.17. The molecule has 12 heteroatoms. The Balaban J connectivity index is 1.84. The summed E-state index contributed by atoms with van der Waals surface area (Å²) in [6.07, 6.45) is -2.99. The van der Waals surface area contributed by atoms with Gasteiger partial charge in [-0.2, -0.15) is 13.2 Å². The van der Waals surface area contributed by atoms with Crippen molar-refractivity contribution in [2.75, 3.05) is 17.2 Å². The number of esters is 1. The topological polar surface area (TPSA) is 122 Å². The molecule has 0 saturated carbocycles. The normalized spacial score (nSPS) is 11.9. The number of benzene rings is 2. The number of ether oxygens (including phenoxy) is 1. The molecule has 1 amide bonds. The van der Waals surface area contributed by atoms with Crippen molar-refractivity contribution in [2.45, 2.75) is 20.0 Å². The molecule has 0 fully saturated rings. The van der Waals surface area contributed by atoms with Crippen molar-refractivity contribution in [1.82, 2.24) is 15.0 Å². The largest absolute Gasteiger partial charge is 0.462 e. The van der Waals surface area contributed by atoms with E-state index >= 15 is 0 Å². The van der Waals surface area contributed by atoms with E-state index in [9.17, 15) is 22.8 Å². The summed E-state index contributed by atoms with van der Waals surface area (Å²) in [5.41, 5.74) is -0.0269. The number of anilines is 2. The van der Waals surface area contributed by atoms with Crippen LogP contribution in [0.3, 0.4) is 0 Å². The summed E-state index contributed by atoms with van der Waals surface area (Å²) in [6.45, 7) is 2.72. The van der Waals surface area contributed by atoms with Crippen molar-refractivity contribution in [1.29, 1.82) is 5.41 Å². The molecule has 0 unspecified atom stereocenters. The standard InChI is InChI=1S/C23H21F3N6O3/c1-3-35-22(34)19(12-27)21(23(24,25)26)29-16-9-7-15(8-10-16)20-13-32(31-30-20)18-6-4-5-17(11-18)28-14(2)33/h4-13,27,29H,3H2,1-2H3,(H,28,33)/b21-19+,27-12?. The van der Waals surface area contributed by atoms with E-state index in [1.54, 1.807) is 30.5 Å². The van der Waals surface area contributed by atoms with Gasteiger partial charge in [-0.1, -0.05) is 23.4 Å². The Labute approximate surface area is 198 Å². The molecule has 0 aliphatic heterocycles. The van der Waals surface area contributed by atoms with Crippen molar-refractivity contribution < 1.29 is 27.5 Å². The maximum absolute atomic E-state index is 13.6. The number of carbonyl (C=O) groups excluding carboxylic acids is 2. The molecule has 1 heterocycles. The molecule has 3 N–H and O–H groups in total. The van der Waals surface area contributed by atoms with Gasteiger partial charge in [-0.25, -0.2) is 9.48 Å². The lowest BCUT2D eigenvalue weighted by atomic mass is 10.1. The summed E-state index contributed by atoms with van der Waals surface area (Å²) >= 11 is 0. The summed E-state index contributed by atoms with van der Waals surface area (Å²) in [6, 6.07) is 12.8. The van der Waals surface area contributed by atoms with E-state index in [2.05, 4.69) is 25.7 Å². The average molecular weight is 486 g/mol. The van der Waals surface area contributed by atoms with Gasteiger partial charge in [0, 0.05) is 30.1 Å². The molecular weight excluding hydrogens is 465 g/mol. The predicted octanol–water partition coefficient (Wildman–Crippen LogP) is 4.33. The number of rotatable bonds is 8. The highest BCUT2D eigenvalue weighted by Crippen LogP contribution is 2.30. The van der Waals surface area contributed by atoms with E-state index < -0.39 is 23.4 Å². The van der Waals surface area contributed by atoms with Gasteiger partial charge in [0.15, 0.2) is 0 Å². The minimum atomic E-state index is -4.92. The van der Waals surface area contributed by atoms with E-state index in [1.807, 2.05) is 0 Å².